The molecule has 1 spiro atoms. The lowest BCUT2D eigenvalue weighted by Gasteiger charge is -2.48. The first-order valence-electron chi connectivity index (χ1n) is 6.09. The summed E-state index contributed by atoms with van der Waals surface area (Å²) in [7, 11) is 0. The molecule has 2 rings (SSSR count). The average molecular weight is 224 g/mol. The van der Waals surface area contributed by atoms with Gasteiger partial charge in [0.1, 0.15) is 11.1 Å². The van der Waals surface area contributed by atoms with Crippen molar-refractivity contribution in [3.63, 3.8) is 0 Å². The van der Waals surface area contributed by atoms with Gasteiger partial charge in [0.2, 0.25) is 11.8 Å². The Morgan fingerprint density at radius 3 is 2.31 bits per heavy atom. The molecule has 0 aromatic heterocycles. The normalized spacial score (nSPS) is 27.3. The van der Waals surface area contributed by atoms with Crippen molar-refractivity contribution in [3.8, 4) is 0 Å². The van der Waals surface area contributed by atoms with Gasteiger partial charge >= 0.3 is 0 Å². The number of hydrogen-bond donors (Lipinski definition) is 1. The summed E-state index contributed by atoms with van der Waals surface area (Å²) >= 11 is 0. The number of rotatable bonds is 1. The maximum Gasteiger partial charge on any atom is 0.249 e. The molecule has 0 aromatic rings. The smallest absolute Gasteiger partial charge is 0.249 e. The summed E-state index contributed by atoms with van der Waals surface area (Å²) in [6.07, 6.45) is 3.66. The Kier molecular flexibility index (Phi) is 2.48. The van der Waals surface area contributed by atoms with Crippen LogP contribution in [0.25, 0.3) is 0 Å². The number of nitrogens with one attached hydrogen (secondary N) is 1. The van der Waals surface area contributed by atoms with Gasteiger partial charge in [0.25, 0.3) is 0 Å². The Morgan fingerprint density at radius 1 is 1.25 bits per heavy atom. The third-order valence-electron chi connectivity index (χ3n) is 4.01. The zero-order valence-electron chi connectivity index (χ0n) is 10.3. The molecular weight excluding hydrogens is 204 g/mol. The quantitative estimate of drug-likeness (QED) is 0.724. The predicted octanol–water partition coefficient (Wildman–Crippen LogP) is 1.06. The van der Waals surface area contributed by atoms with Crippen molar-refractivity contribution >= 4 is 11.8 Å². The van der Waals surface area contributed by atoms with E-state index in [4.69, 9.17) is 0 Å². The van der Waals surface area contributed by atoms with E-state index < -0.39 is 11.1 Å². The average Bonchev–Trinajstić information content (AvgIpc) is 2.66. The zero-order chi connectivity index (χ0) is 12.0. The minimum Gasteiger partial charge on any atom is -0.340 e. The van der Waals surface area contributed by atoms with Crippen molar-refractivity contribution in [2.24, 2.45) is 0 Å². The van der Waals surface area contributed by atoms with Crippen molar-refractivity contribution in [2.75, 3.05) is 6.54 Å². The SMILES string of the molecule is CCN1C(=O)C2(CCCC2)NC(=O)C1(C)C. The van der Waals surface area contributed by atoms with E-state index in [0.717, 1.165) is 25.7 Å². The molecule has 2 fully saturated rings. The Labute approximate surface area is 96.4 Å². The van der Waals surface area contributed by atoms with Crippen molar-refractivity contribution < 1.29 is 9.59 Å². The standard InChI is InChI=1S/C12H20N2O2/c1-4-14-10(16)12(7-5-6-8-12)13-9(15)11(14,2)3/h4-8H2,1-3H3,(H,13,15). The third kappa shape index (κ3) is 1.35. The topological polar surface area (TPSA) is 49.4 Å². The number of nitrogens with zero attached hydrogens (tertiary/aromatic N) is 1. The molecule has 1 aliphatic heterocycles. The van der Waals surface area contributed by atoms with Crippen LogP contribution in [0.3, 0.4) is 0 Å². The van der Waals surface area contributed by atoms with Gasteiger partial charge in [-0.15, -0.1) is 0 Å². The van der Waals surface area contributed by atoms with Gasteiger partial charge in [-0.05, 0) is 33.6 Å². The second-order valence-corrected chi connectivity index (χ2v) is 5.35. The Balaban J connectivity index is 2.36. The van der Waals surface area contributed by atoms with Crippen LogP contribution in [-0.4, -0.2) is 34.3 Å². The fourth-order valence-corrected chi connectivity index (χ4v) is 2.91. The Morgan fingerprint density at radius 2 is 1.81 bits per heavy atom. The Hall–Kier alpha value is -1.06. The molecular formula is C12H20N2O2. The van der Waals surface area contributed by atoms with E-state index in [1.807, 2.05) is 20.8 Å². The van der Waals surface area contributed by atoms with Gasteiger partial charge in [0.15, 0.2) is 0 Å². The molecule has 0 bridgehead atoms. The summed E-state index contributed by atoms with van der Waals surface area (Å²) < 4.78 is 0. The Bertz CT molecular complexity index is 330. The number of piperazine rings is 1. The van der Waals surface area contributed by atoms with Gasteiger partial charge < -0.3 is 10.2 Å². The van der Waals surface area contributed by atoms with Crippen LogP contribution in [0.15, 0.2) is 0 Å². The highest BCUT2D eigenvalue weighted by molar-refractivity contribution is 6.02. The molecule has 1 aliphatic carbocycles. The maximum atomic E-state index is 12.5. The van der Waals surface area contributed by atoms with E-state index in [9.17, 15) is 9.59 Å². The second kappa shape index (κ2) is 3.47. The van der Waals surface area contributed by atoms with Crippen LogP contribution in [0.1, 0.15) is 46.5 Å². The predicted molar refractivity (Wildman–Crippen MR) is 60.8 cm³/mol. The van der Waals surface area contributed by atoms with Crippen molar-refractivity contribution in [3.05, 3.63) is 0 Å². The van der Waals surface area contributed by atoms with Gasteiger partial charge in [0, 0.05) is 6.54 Å². The minimum absolute atomic E-state index is 0.0177. The monoisotopic (exact) mass is 224 g/mol. The summed E-state index contributed by atoms with van der Waals surface area (Å²) in [4.78, 5) is 26.3. The molecule has 4 nitrogen and oxygen atoms in total. The number of carbonyl (C=O) groups excluding carboxylic acids is 2. The van der Waals surface area contributed by atoms with Gasteiger partial charge in [0.05, 0.1) is 0 Å². The number of likely N-dealkylation sites (N-methyl/N-ethyl adjacent to an activating group) is 1. The number of carbonyl (C=O) groups is 2. The molecule has 2 aliphatic rings. The van der Waals surface area contributed by atoms with Crippen LogP contribution in [0.5, 0.6) is 0 Å². The summed E-state index contributed by atoms with van der Waals surface area (Å²) in [5, 5.41) is 2.97. The van der Waals surface area contributed by atoms with Crippen molar-refractivity contribution in [2.45, 2.75) is 57.5 Å². The van der Waals surface area contributed by atoms with Gasteiger partial charge in [-0.1, -0.05) is 12.8 Å². The van der Waals surface area contributed by atoms with Gasteiger partial charge in [-0.2, -0.15) is 0 Å². The van der Waals surface area contributed by atoms with E-state index >= 15 is 0 Å². The van der Waals surface area contributed by atoms with Crippen molar-refractivity contribution in [1.82, 2.24) is 10.2 Å². The van der Waals surface area contributed by atoms with Gasteiger partial charge in [-0.3, -0.25) is 9.59 Å². The molecule has 90 valence electrons. The molecule has 1 heterocycles. The number of hydrogen-bond acceptors (Lipinski definition) is 2. The van der Waals surface area contributed by atoms with E-state index in [1.165, 1.54) is 0 Å². The molecule has 0 atom stereocenters. The van der Waals surface area contributed by atoms with Gasteiger partial charge in [-0.25, -0.2) is 0 Å². The lowest BCUT2D eigenvalue weighted by atomic mass is 9.86. The van der Waals surface area contributed by atoms with Crippen LogP contribution in [0.2, 0.25) is 0 Å². The lowest BCUT2D eigenvalue weighted by molar-refractivity contribution is -0.160. The van der Waals surface area contributed by atoms with E-state index in [-0.39, 0.29) is 11.8 Å². The molecule has 16 heavy (non-hydrogen) atoms. The first-order valence-corrected chi connectivity index (χ1v) is 6.09. The summed E-state index contributed by atoms with van der Waals surface area (Å²) in [6.45, 7) is 6.15. The van der Waals surface area contributed by atoms with E-state index in [2.05, 4.69) is 5.32 Å². The highest BCUT2D eigenvalue weighted by Crippen LogP contribution is 2.37. The molecule has 2 amide bonds. The number of amides is 2. The molecule has 0 radical (unpaired) electrons. The fourth-order valence-electron chi connectivity index (χ4n) is 2.91. The lowest BCUT2D eigenvalue weighted by Crippen LogP contribution is -2.73. The van der Waals surface area contributed by atoms with Crippen LogP contribution in [0, 0.1) is 0 Å². The van der Waals surface area contributed by atoms with Crippen LogP contribution >= 0.6 is 0 Å². The second-order valence-electron chi connectivity index (χ2n) is 5.35. The maximum absolute atomic E-state index is 12.5. The summed E-state index contributed by atoms with van der Waals surface area (Å²) in [5.41, 5.74) is -1.29. The van der Waals surface area contributed by atoms with Crippen LogP contribution in [-0.2, 0) is 9.59 Å². The highest BCUT2D eigenvalue weighted by Gasteiger charge is 2.54. The largest absolute Gasteiger partial charge is 0.340 e. The molecule has 0 unspecified atom stereocenters. The minimum atomic E-state index is -0.709. The molecule has 4 heteroatoms. The van der Waals surface area contributed by atoms with Crippen LogP contribution in [0.4, 0.5) is 0 Å². The third-order valence-corrected chi connectivity index (χ3v) is 4.01. The van der Waals surface area contributed by atoms with Crippen LogP contribution < -0.4 is 5.32 Å². The first kappa shape index (κ1) is 11.4. The first-order chi connectivity index (χ1) is 7.44. The van der Waals surface area contributed by atoms with Crippen molar-refractivity contribution in [1.29, 1.82) is 0 Å². The van der Waals surface area contributed by atoms with E-state index in [1.54, 1.807) is 4.90 Å². The molecule has 1 saturated carbocycles. The zero-order valence-corrected chi connectivity index (χ0v) is 10.3. The molecule has 1 N–H and O–H groups in total. The molecule has 0 aromatic carbocycles. The van der Waals surface area contributed by atoms with E-state index in [0.29, 0.717) is 6.54 Å². The molecule has 1 saturated heterocycles. The fraction of sp³-hybridized carbons (Fsp3) is 0.833. The summed E-state index contributed by atoms with van der Waals surface area (Å²) in [5.74, 6) is 0.0907. The highest BCUT2D eigenvalue weighted by atomic mass is 16.2. The summed E-state index contributed by atoms with van der Waals surface area (Å²) in [6, 6.07) is 0.